The minimum Gasteiger partial charge on any atom is -0.383 e. The van der Waals surface area contributed by atoms with E-state index in [2.05, 4.69) is 20.0 Å². The summed E-state index contributed by atoms with van der Waals surface area (Å²) in [5.74, 6) is 1.55. The summed E-state index contributed by atoms with van der Waals surface area (Å²) in [7, 11) is -3.95. The van der Waals surface area contributed by atoms with Crippen molar-refractivity contribution in [2.45, 2.75) is 30.6 Å². The standard InChI is InChI=1S/C22H26N6O4S/c23-21-17-5-1-2-6-18(17)26-22(27-21)24-13-15-9-11-16(12-10-15)14-25-33(31,32)20-8-4-3-7-19(20)28(29)30/h1-8,15-16,25H,9-14H2,(H3,23,24,26,27)/t15-,16-. The number of rotatable bonds is 8. The van der Waals surface area contributed by atoms with Gasteiger partial charge in [-0.2, -0.15) is 4.98 Å². The molecule has 1 heterocycles. The second kappa shape index (κ2) is 9.67. The van der Waals surface area contributed by atoms with Crippen LogP contribution in [-0.2, 0) is 10.0 Å². The van der Waals surface area contributed by atoms with Gasteiger partial charge in [0.1, 0.15) is 5.82 Å². The minimum absolute atomic E-state index is 0.186. The number of hydrogen-bond donors (Lipinski definition) is 3. The van der Waals surface area contributed by atoms with Crippen LogP contribution in [0.3, 0.4) is 0 Å². The Morgan fingerprint density at radius 1 is 0.970 bits per heavy atom. The molecule has 4 rings (SSSR count). The molecule has 1 aromatic heterocycles. The fraction of sp³-hybridized carbons (Fsp3) is 0.364. The van der Waals surface area contributed by atoms with E-state index in [4.69, 9.17) is 5.73 Å². The Labute approximate surface area is 191 Å². The molecule has 1 fully saturated rings. The number of sulfonamides is 1. The van der Waals surface area contributed by atoms with E-state index in [0.29, 0.717) is 24.2 Å². The molecular weight excluding hydrogens is 444 g/mol. The summed E-state index contributed by atoms with van der Waals surface area (Å²) < 4.78 is 27.7. The average molecular weight is 471 g/mol. The fourth-order valence-corrected chi connectivity index (χ4v) is 5.48. The van der Waals surface area contributed by atoms with Crippen LogP contribution in [0.25, 0.3) is 10.9 Å². The number of nitrogens with two attached hydrogens (primary N) is 1. The summed E-state index contributed by atoms with van der Waals surface area (Å²) in [6, 6.07) is 13.0. The van der Waals surface area contributed by atoms with E-state index in [0.717, 1.165) is 36.6 Å². The number of aromatic nitrogens is 2. The van der Waals surface area contributed by atoms with Crippen molar-refractivity contribution < 1.29 is 13.3 Å². The molecule has 33 heavy (non-hydrogen) atoms. The van der Waals surface area contributed by atoms with Crippen LogP contribution < -0.4 is 15.8 Å². The molecule has 2 aromatic carbocycles. The van der Waals surface area contributed by atoms with Gasteiger partial charge < -0.3 is 11.1 Å². The lowest BCUT2D eigenvalue weighted by Crippen LogP contribution is -2.32. The molecule has 0 spiro atoms. The maximum atomic E-state index is 12.6. The topological polar surface area (TPSA) is 153 Å². The molecule has 1 saturated carbocycles. The molecule has 4 N–H and O–H groups in total. The average Bonchev–Trinajstić information content (AvgIpc) is 2.82. The zero-order valence-electron chi connectivity index (χ0n) is 18.0. The van der Waals surface area contributed by atoms with Gasteiger partial charge in [-0.1, -0.05) is 24.3 Å². The van der Waals surface area contributed by atoms with Gasteiger partial charge in [0.25, 0.3) is 5.69 Å². The third-order valence-electron chi connectivity index (χ3n) is 6.06. The molecule has 3 aromatic rings. The molecule has 1 aliphatic carbocycles. The van der Waals surface area contributed by atoms with Gasteiger partial charge >= 0.3 is 0 Å². The van der Waals surface area contributed by atoms with Crippen LogP contribution in [0.4, 0.5) is 17.5 Å². The number of para-hydroxylation sites is 2. The lowest BCUT2D eigenvalue weighted by atomic mass is 9.82. The molecule has 0 saturated heterocycles. The largest absolute Gasteiger partial charge is 0.383 e. The van der Waals surface area contributed by atoms with Crippen molar-refractivity contribution >= 4 is 38.4 Å². The van der Waals surface area contributed by atoms with Gasteiger partial charge in [-0.05, 0) is 55.7 Å². The van der Waals surface area contributed by atoms with E-state index >= 15 is 0 Å². The first-order valence-electron chi connectivity index (χ1n) is 10.8. The predicted octanol–water partition coefficient (Wildman–Crippen LogP) is 3.32. The van der Waals surface area contributed by atoms with E-state index in [1.807, 2.05) is 24.3 Å². The number of benzene rings is 2. The van der Waals surface area contributed by atoms with E-state index in [1.54, 1.807) is 0 Å². The van der Waals surface area contributed by atoms with Crippen LogP contribution in [-0.4, -0.2) is 36.4 Å². The van der Waals surface area contributed by atoms with Gasteiger partial charge in [-0.25, -0.2) is 18.1 Å². The van der Waals surface area contributed by atoms with Crippen molar-refractivity contribution in [3.8, 4) is 0 Å². The Balaban J connectivity index is 1.28. The van der Waals surface area contributed by atoms with Crippen LogP contribution in [0, 0.1) is 22.0 Å². The Kier molecular flexibility index (Phi) is 6.70. The highest BCUT2D eigenvalue weighted by Gasteiger charge is 2.27. The Bertz CT molecular complexity index is 1260. The van der Waals surface area contributed by atoms with Crippen LogP contribution in [0.1, 0.15) is 25.7 Å². The molecule has 0 radical (unpaired) electrons. The van der Waals surface area contributed by atoms with E-state index in [1.165, 1.54) is 24.3 Å². The number of nitrogens with one attached hydrogen (secondary N) is 2. The van der Waals surface area contributed by atoms with Crippen molar-refractivity contribution in [3.05, 3.63) is 58.6 Å². The highest BCUT2D eigenvalue weighted by molar-refractivity contribution is 7.89. The second-order valence-electron chi connectivity index (χ2n) is 8.29. The molecule has 174 valence electrons. The summed E-state index contributed by atoms with van der Waals surface area (Å²) in [6.07, 6.45) is 3.61. The molecule has 1 aliphatic rings. The van der Waals surface area contributed by atoms with Crippen molar-refractivity contribution in [2.75, 3.05) is 24.1 Å². The SMILES string of the molecule is Nc1nc(NC[C@H]2CC[C@H](CNS(=O)(=O)c3ccccc3[N+](=O)[O-])CC2)nc2ccccc12. The third kappa shape index (κ3) is 5.37. The fourth-order valence-electron chi connectivity index (χ4n) is 4.20. The van der Waals surface area contributed by atoms with Gasteiger partial charge in [0, 0.05) is 24.5 Å². The van der Waals surface area contributed by atoms with E-state index in [-0.39, 0.29) is 17.4 Å². The van der Waals surface area contributed by atoms with Crippen molar-refractivity contribution in [1.29, 1.82) is 0 Å². The van der Waals surface area contributed by atoms with Crippen molar-refractivity contribution in [3.63, 3.8) is 0 Å². The summed E-state index contributed by atoms with van der Waals surface area (Å²) in [5, 5.41) is 15.3. The van der Waals surface area contributed by atoms with Crippen LogP contribution in [0.5, 0.6) is 0 Å². The van der Waals surface area contributed by atoms with Gasteiger partial charge in [-0.3, -0.25) is 10.1 Å². The molecular formula is C22H26N6O4S. The molecule has 0 atom stereocenters. The van der Waals surface area contributed by atoms with Gasteiger partial charge in [0.2, 0.25) is 16.0 Å². The Morgan fingerprint density at radius 3 is 2.33 bits per heavy atom. The number of fused-ring (bicyclic) bond motifs is 1. The molecule has 11 heteroatoms. The first-order chi connectivity index (χ1) is 15.8. The normalized spacial score (nSPS) is 18.8. The number of nitro groups is 1. The molecule has 0 amide bonds. The lowest BCUT2D eigenvalue weighted by Gasteiger charge is -2.28. The number of nitrogen functional groups attached to an aromatic ring is 1. The van der Waals surface area contributed by atoms with Crippen LogP contribution >= 0.6 is 0 Å². The number of anilines is 2. The highest BCUT2D eigenvalue weighted by Crippen LogP contribution is 2.30. The third-order valence-corrected chi connectivity index (χ3v) is 7.53. The van der Waals surface area contributed by atoms with Gasteiger partial charge in [0.15, 0.2) is 4.90 Å². The summed E-state index contributed by atoms with van der Waals surface area (Å²) in [6.45, 7) is 0.977. The molecule has 0 unspecified atom stereocenters. The van der Waals surface area contributed by atoms with E-state index < -0.39 is 20.6 Å². The second-order valence-corrected chi connectivity index (χ2v) is 10.0. The molecule has 0 bridgehead atoms. The predicted molar refractivity (Wildman–Crippen MR) is 126 cm³/mol. The zero-order valence-corrected chi connectivity index (χ0v) is 18.8. The summed E-state index contributed by atoms with van der Waals surface area (Å²) in [5.41, 5.74) is 6.41. The Morgan fingerprint density at radius 2 is 1.61 bits per heavy atom. The summed E-state index contributed by atoms with van der Waals surface area (Å²) >= 11 is 0. The number of nitro benzene ring substituents is 1. The van der Waals surface area contributed by atoms with Gasteiger partial charge in [-0.15, -0.1) is 0 Å². The van der Waals surface area contributed by atoms with Crippen molar-refractivity contribution in [1.82, 2.24) is 14.7 Å². The number of nitrogens with zero attached hydrogens (tertiary/aromatic N) is 3. The number of hydrogen-bond acceptors (Lipinski definition) is 8. The first-order valence-corrected chi connectivity index (χ1v) is 12.3. The Hall–Kier alpha value is -3.31. The van der Waals surface area contributed by atoms with E-state index in [9.17, 15) is 18.5 Å². The maximum absolute atomic E-state index is 12.6. The maximum Gasteiger partial charge on any atom is 0.289 e. The quantitative estimate of drug-likeness (QED) is 0.335. The lowest BCUT2D eigenvalue weighted by molar-refractivity contribution is -0.387. The molecule has 0 aliphatic heterocycles. The van der Waals surface area contributed by atoms with Gasteiger partial charge in [0.05, 0.1) is 10.4 Å². The zero-order chi connectivity index (χ0) is 23.4. The molecule has 10 nitrogen and oxygen atoms in total. The van der Waals surface area contributed by atoms with Crippen LogP contribution in [0.15, 0.2) is 53.4 Å². The monoisotopic (exact) mass is 470 g/mol. The highest BCUT2D eigenvalue weighted by atomic mass is 32.2. The van der Waals surface area contributed by atoms with Crippen molar-refractivity contribution in [2.24, 2.45) is 11.8 Å². The summed E-state index contributed by atoms with van der Waals surface area (Å²) in [4.78, 5) is 19.0. The van der Waals surface area contributed by atoms with Crippen LogP contribution in [0.2, 0.25) is 0 Å². The first kappa shape index (κ1) is 22.9. The minimum atomic E-state index is -3.95. The smallest absolute Gasteiger partial charge is 0.289 e.